The molecule has 1 aliphatic heterocycles. The molecule has 1 spiro atoms. The summed E-state index contributed by atoms with van der Waals surface area (Å²) in [6.45, 7) is 5.69. The van der Waals surface area contributed by atoms with Crippen LogP contribution in [0.3, 0.4) is 0 Å². The van der Waals surface area contributed by atoms with Crippen molar-refractivity contribution in [2.24, 2.45) is 5.41 Å². The molecular formula is C11H20N2O. The first-order valence-electron chi connectivity index (χ1n) is 5.79. The number of nitrogens with one attached hydrogen (secondary N) is 1. The van der Waals surface area contributed by atoms with E-state index in [2.05, 4.69) is 12.2 Å². The zero-order chi connectivity index (χ0) is 10.0. The average Bonchev–Trinajstić information content (AvgIpc) is 2.61. The molecule has 0 aromatic carbocycles. The topological polar surface area (TPSA) is 32.3 Å². The maximum absolute atomic E-state index is 12.3. The quantitative estimate of drug-likeness (QED) is 0.678. The molecule has 0 bridgehead atoms. The maximum Gasteiger partial charge on any atom is 0.230 e. The first-order chi connectivity index (χ1) is 6.78. The van der Waals surface area contributed by atoms with Crippen LogP contribution < -0.4 is 5.32 Å². The monoisotopic (exact) mass is 196 g/mol. The molecule has 1 N–H and O–H groups in total. The molecule has 1 heterocycles. The molecule has 1 aliphatic carbocycles. The van der Waals surface area contributed by atoms with Crippen molar-refractivity contribution in [2.75, 3.05) is 26.2 Å². The highest BCUT2D eigenvalue weighted by molar-refractivity contribution is 5.83. The zero-order valence-corrected chi connectivity index (χ0v) is 9.01. The van der Waals surface area contributed by atoms with Gasteiger partial charge in [-0.1, -0.05) is 12.8 Å². The van der Waals surface area contributed by atoms with Gasteiger partial charge in [0.1, 0.15) is 0 Å². The van der Waals surface area contributed by atoms with E-state index in [0.717, 1.165) is 39.0 Å². The molecule has 0 aromatic rings. The fourth-order valence-electron chi connectivity index (χ4n) is 2.80. The Morgan fingerprint density at radius 2 is 2.14 bits per heavy atom. The Morgan fingerprint density at radius 1 is 1.43 bits per heavy atom. The zero-order valence-electron chi connectivity index (χ0n) is 9.01. The Balaban J connectivity index is 2.17. The molecule has 14 heavy (non-hydrogen) atoms. The molecule has 2 fully saturated rings. The van der Waals surface area contributed by atoms with Gasteiger partial charge in [0.2, 0.25) is 5.91 Å². The summed E-state index contributed by atoms with van der Waals surface area (Å²) in [5.41, 5.74) is -0.0352. The number of carbonyl (C=O) groups excluding carboxylic acids is 1. The van der Waals surface area contributed by atoms with Gasteiger partial charge < -0.3 is 10.2 Å². The molecule has 80 valence electrons. The van der Waals surface area contributed by atoms with Gasteiger partial charge in [0, 0.05) is 26.2 Å². The maximum atomic E-state index is 12.3. The average molecular weight is 196 g/mol. The Labute approximate surface area is 85.8 Å². The van der Waals surface area contributed by atoms with Crippen molar-refractivity contribution in [1.29, 1.82) is 0 Å². The van der Waals surface area contributed by atoms with Gasteiger partial charge >= 0.3 is 0 Å². The Morgan fingerprint density at radius 3 is 2.79 bits per heavy atom. The lowest BCUT2D eigenvalue weighted by Gasteiger charge is -2.30. The minimum atomic E-state index is -0.0352. The molecule has 1 saturated heterocycles. The first kappa shape index (κ1) is 9.97. The third kappa shape index (κ3) is 1.54. The van der Waals surface area contributed by atoms with Crippen molar-refractivity contribution in [2.45, 2.75) is 32.6 Å². The summed E-state index contributed by atoms with van der Waals surface area (Å²) in [5.74, 6) is 0.405. The second kappa shape index (κ2) is 3.89. The fourth-order valence-corrected chi connectivity index (χ4v) is 2.80. The Bertz CT molecular complexity index is 221. The summed E-state index contributed by atoms with van der Waals surface area (Å²) in [6.07, 6.45) is 4.64. The fraction of sp³-hybridized carbons (Fsp3) is 0.909. The second-order valence-corrected chi connectivity index (χ2v) is 4.55. The molecule has 3 heteroatoms. The molecule has 1 amide bonds. The molecule has 1 saturated carbocycles. The summed E-state index contributed by atoms with van der Waals surface area (Å²) in [7, 11) is 0. The van der Waals surface area contributed by atoms with E-state index in [0.29, 0.717) is 5.91 Å². The van der Waals surface area contributed by atoms with Crippen LogP contribution in [0, 0.1) is 5.41 Å². The molecule has 2 rings (SSSR count). The third-order valence-electron chi connectivity index (χ3n) is 3.71. The van der Waals surface area contributed by atoms with Crippen molar-refractivity contribution in [3.05, 3.63) is 0 Å². The number of rotatable bonds is 1. The van der Waals surface area contributed by atoms with E-state index in [1.807, 2.05) is 4.90 Å². The summed E-state index contributed by atoms with van der Waals surface area (Å²) in [5, 5.41) is 3.41. The van der Waals surface area contributed by atoms with Crippen LogP contribution in [-0.4, -0.2) is 37.0 Å². The van der Waals surface area contributed by atoms with Crippen LogP contribution in [0.2, 0.25) is 0 Å². The Kier molecular flexibility index (Phi) is 2.77. The molecule has 0 aromatic heterocycles. The minimum absolute atomic E-state index is 0.0352. The lowest BCUT2D eigenvalue weighted by molar-refractivity contribution is -0.140. The van der Waals surface area contributed by atoms with Crippen LogP contribution in [0.15, 0.2) is 0 Å². The van der Waals surface area contributed by atoms with Gasteiger partial charge in [-0.3, -0.25) is 4.79 Å². The SMILES string of the molecule is CCN1CCNCC2(CCCC2)C1=O. The predicted molar refractivity (Wildman–Crippen MR) is 56.0 cm³/mol. The van der Waals surface area contributed by atoms with Crippen LogP contribution in [0.1, 0.15) is 32.6 Å². The highest BCUT2D eigenvalue weighted by atomic mass is 16.2. The highest BCUT2D eigenvalue weighted by Gasteiger charge is 2.43. The lowest BCUT2D eigenvalue weighted by atomic mass is 9.85. The first-order valence-corrected chi connectivity index (χ1v) is 5.79. The van der Waals surface area contributed by atoms with Crippen molar-refractivity contribution in [1.82, 2.24) is 10.2 Å². The number of hydrogen-bond donors (Lipinski definition) is 1. The lowest BCUT2D eigenvalue weighted by Crippen LogP contribution is -2.43. The van der Waals surface area contributed by atoms with E-state index in [1.54, 1.807) is 0 Å². The molecule has 3 nitrogen and oxygen atoms in total. The van der Waals surface area contributed by atoms with Crippen LogP contribution in [0.5, 0.6) is 0 Å². The van der Waals surface area contributed by atoms with Crippen LogP contribution in [0.25, 0.3) is 0 Å². The van der Waals surface area contributed by atoms with Crippen LogP contribution in [0.4, 0.5) is 0 Å². The summed E-state index contributed by atoms with van der Waals surface area (Å²) >= 11 is 0. The van der Waals surface area contributed by atoms with E-state index >= 15 is 0 Å². The Hall–Kier alpha value is -0.570. The van der Waals surface area contributed by atoms with Gasteiger partial charge in [-0.2, -0.15) is 0 Å². The van der Waals surface area contributed by atoms with Gasteiger partial charge in [0.05, 0.1) is 5.41 Å². The summed E-state index contributed by atoms with van der Waals surface area (Å²) in [6, 6.07) is 0. The number of hydrogen-bond acceptors (Lipinski definition) is 2. The molecule has 2 aliphatic rings. The van der Waals surface area contributed by atoms with Crippen LogP contribution in [-0.2, 0) is 4.79 Å². The van der Waals surface area contributed by atoms with Gasteiger partial charge in [0.25, 0.3) is 0 Å². The summed E-state index contributed by atoms with van der Waals surface area (Å²) in [4.78, 5) is 14.3. The van der Waals surface area contributed by atoms with Gasteiger partial charge in [-0.25, -0.2) is 0 Å². The predicted octanol–water partition coefficient (Wildman–Crippen LogP) is 0.998. The van der Waals surface area contributed by atoms with E-state index in [1.165, 1.54) is 12.8 Å². The number of carbonyl (C=O) groups is 1. The van der Waals surface area contributed by atoms with Crippen LogP contribution >= 0.6 is 0 Å². The number of likely N-dealkylation sites (N-methyl/N-ethyl adjacent to an activating group) is 1. The molecule has 0 atom stereocenters. The van der Waals surface area contributed by atoms with E-state index in [4.69, 9.17) is 0 Å². The van der Waals surface area contributed by atoms with E-state index < -0.39 is 0 Å². The van der Waals surface area contributed by atoms with Gasteiger partial charge in [-0.05, 0) is 19.8 Å². The molecule has 0 radical (unpaired) electrons. The standard InChI is InChI=1S/C11H20N2O/c1-2-13-8-7-12-9-11(10(13)14)5-3-4-6-11/h12H,2-9H2,1H3. The second-order valence-electron chi connectivity index (χ2n) is 4.55. The third-order valence-corrected chi connectivity index (χ3v) is 3.71. The summed E-state index contributed by atoms with van der Waals surface area (Å²) < 4.78 is 0. The van der Waals surface area contributed by atoms with E-state index in [-0.39, 0.29) is 5.41 Å². The largest absolute Gasteiger partial charge is 0.341 e. The van der Waals surface area contributed by atoms with Crippen molar-refractivity contribution < 1.29 is 4.79 Å². The normalized spacial score (nSPS) is 26.9. The molecular weight excluding hydrogens is 176 g/mol. The van der Waals surface area contributed by atoms with Crippen molar-refractivity contribution in [3.8, 4) is 0 Å². The number of amides is 1. The smallest absolute Gasteiger partial charge is 0.230 e. The van der Waals surface area contributed by atoms with E-state index in [9.17, 15) is 4.79 Å². The number of nitrogens with zero attached hydrogens (tertiary/aromatic N) is 1. The van der Waals surface area contributed by atoms with Gasteiger partial charge in [0.15, 0.2) is 0 Å². The highest BCUT2D eigenvalue weighted by Crippen LogP contribution is 2.39. The van der Waals surface area contributed by atoms with Crippen molar-refractivity contribution in [3.63, 3.8) is 0 Å². The minimum Gasteiger partial charge on any atom is -0.341 e. The van der Waals surface area contributed by atoms with Crippen molar-refractivity contribution >= 4 is 5.91 Å². The molecule has 0 unspecified atom stereocenters. The van der Waals surface area contributed by atoms with Gasteiger partial charge in [-0.15, -0.1) is 0 Å².